The van der Waals surface area contributed by atoms with Gasteiger partial charge in [0.05, 0.1) is 35.1 Å². The van der Waals surface area contributed by atoms with Gasteiger partial charge in [0.1, 0.15) is 11.6 Å². The van der Waals surface area contributed by atoms with Gasteiger partial charge in [-0.2, -0.15) is 9.57 Å². The summed E-state index contributed by atoms with van der Waals surface area (Å²) in [7, 11) is -3.65. The number of fused-ring (bicyclic) bond motifs is 1. The van der Waals surface area contributed by atoms with Crippen molar-refractivity contribution in [3.8, 4) is 6.07 Å². The van der Waals surface area contributed by atoms with E-state index >= 15 is 0 Å². The van der Waals surface area contributed by atoms with Crippen molar-refractivity contribution < 1.29 is 22.4 Å². The summed E-state index contributed by atoms with van der Waals surface area (Å²) in [6, 6.07) is 11.1. The maximum atomic E-state index is 12.8. The maximum absolute atomic E-state index is 12.8. The Morgan fingerprint density at radius 2 is 2.03 bits per heavy atom. The summed E-state index contributed by atoms with van der Waals surface area (Å²) in [6.45, 7) is 1.32. The predicted octanol–water partition coefficient (Wildman–Crippen LogP) is 3.10. The summed E-state index contributed by atoms with van der Waals surface area (Å²) in [5, 5.41) is 12.4. The monoisotopic (exact) mass is 492 g/mol. The molecule has 1 amide bonds. The highest BCUT2D eigenvalue weighted by atomic mass is 35.5. The fourth-order valence-electron chi connectivity index (χ4n) is 3.08. The van der Waals surface area contributed by atoms with E-state index in [0.29, 0.717) is 53.7 Å². The van der Waals surface area contributed by atoms with Gasteiger partial charge in [-0.1, -0.05) is 23.4 Å². The fourth-order valence-corrected chi connectivity index (χ4v) is 5.31. The van der Waals surface area contributed by atoms with E-state index in [1.54, 1.807) is 12.1 Å². The third kappa shape index (κ3) is 4.90. The normalized spacial score (nSPS) is 14.9. The third-order valence-electron chi connectivity index (χ3n) is 4.65. The van der Waals surface area contributed by atoms with Gasteiger partial charge in [-0.3, -0.25) is 4.79 Å². The number of benzene rings is 2. The van der Waals surface area contributed by atoms with Crippen LogP contribution in [-0.4, -0.2) is 55.7 Å². The number of halogens is 1. The zero-order chi connectivity index (χ0) is 22.7. The molecule has 0 bridgehead atoms. The van der Waals surface area contributed by atoms with Crippen molar-refractivity contribution in [3.63, 3.8) is 0 Å². The SMILES string of the molecule is N#Cc1ccc(Cl)cc1NC(=O)CSc1nc2cc(S(=O)(=O)N3CCOCC3)ccc2o1. The van der Waals surface area contributed by atoms with Gasteiger partial charge in [-0.25, -0.2) is 13.4 Å². The van der Waals surface area contributed by atoms with E-state index in [2.05, 4.69) is 10.3 Å². The van der Waals surface area contributed by atoms with Crippen LogP contribution in [0.1, 0.15) is 5.56 Å². The lowest BCUT2D eigenvalue weighted by atomic mass is 10.2. The summed E-state index contributed by atoms with van der Waals surface area (Å²) < 4.78 is 37.9. The molecule has 0 spiro atoms. The number of oxazole rings is 1. The summed E-state index contributed by atoms with van der Waals surface area (Å²) in [4.78, 5) is 16.7. The number of rotatable bonds is 6. The minimum atomic E-state index is -3.65. The molecule has 9 nitrogen and oxygen atoms in total. The Labute approximate surface area is 193 Å². The van der Waals surface area contributed by atoms with Crippen LogP contribution in [0.4, 0.5) is 5.69 Å². The predicted molar refractivity (Wildman–Crippen MR) is 119 cm³/mol. The standard InChI is InChI=1S/C20H17ClN4O5S2/c21-14-2-1-13(11-22)16(9-14)23-19(26)12-31-20-24-17-10-15(3-4-18(17)30-20)32(27,28)25-5-7-29-8-6-25/h1-4,9-10H,5-8,12H2,(H,23,26). The Hall–Kier alpha value is -2.62. The number of nitrogens with one attached hydrogen (secondary N) is 1. The maximum Gasteiger partial charge on any atom is 0.257 e. The second kappa shape index (κ2) is 9.48. The third-order valence-corrected chi connectivity index (χ3v) is 7.61. The highest BCUT2D eigenvalue weighted by molar-refractivity contribution is 7.99. The Balaban J connectivity index is 1.45. The molecule has 2 heterocycles. The summed E-state index contributed by atoms with van der Waals surface area (Å²) in [5.74, 6) is -0.394. The van der Waals surface area contributed by atoms with Crippen molar-refractivity contribution in [2.45, 2.75) is 10.1 Å². The smallest absolute Gasteiger partial charge is 0.257 e. The van der Waals surface area contributed by atoms with Crippen LogP contribution in [-0.2, 0) is 19.6 Å². The minimum Gasteiger partial charge on any atom is -0.431 e. The number of ether oxygens (including phenoxy) is 1. The number of thioether (sulfide) groups is 1. The first-order chi connectivity index (χ1) is 15.4. The van der Waals surface area contributed by atoms with Crippen molar-refractivity contribution in [2.75, 3.05) is 37.4 Å². The van der Waals surface area contributed by atoms with Crippen LogP contribution in [0.2, 0.25) is 5.02 Å². The zero-order valence-corrected chi connectivity index (χ0v) is 19.0. The van der Waals surface area contributed by atoms with Crippen LogP contribution < -0.4 is 5.32 Å². The van der Waals surface area contributed by atoms with Gasteiger partial charge in [-0.05, 0) is 36.4 Å². The van der Waals surface area contributed by atoms with Crippen molar-refractivity contribution in [1.82, 2.24) is 9.29 Å². The van der Waals surface area contributed by atoms with Crippen LogP contribution in [0.15, 0.2) is 50.9 Å². The van der Waals surface area contributed by atoms with E-state index < -0.39 is 10.0 Å². The number of hydrogen-bond donors (Lipinski definition) is 1. The molecule has 2 aromatic carbocycles. The van der Waals surface area contributed by atoms with Crippen LogP contribution in [0.25, 0.3) is 11.1 Å². The van der Waals surface area contributed by atoms with Crippen molar-refractivity contribution in [1.29, 1.82) is 5.26 Å². The molecule has 3 aromatic rings. The summed E-state index contributed by atoms with van der Waals surface area (Å²) >= 11 is 6.98. The molecule has 1 aromatic heterocycles. The zero-order valence-electron chi connectivity index (χ0n) is 16.6. The molecule has 1 aliphatic heterocycles. The van der Waals surface area contributed by atoms with Gasteiger partial charge in [0.15, 0.2) is 5.58 Å². The molecule has 0 atom stereocenters. The second-order valence-electron chi connectivity index (χ2n) is 6.76. The molecule has 0 radical (unpaired) electrons. The van der Waals surface area contributed by atoms with Crippen molar-refractivity contribution in [3.05, 3.63) is 47.0 Å². The number of aromatic nitrogens is 1. The fraction of sp³-hybridized carbons (Fsp3) is 0.250. The molecule has 0 saturated carbocycles. The minimum absolute atomic E-state index is 0.0247. The molecule has 4 rings (SSSR count). The molecule has 1 aliphatic rings. The number of carbonyl (C=O) groups is 1. The van der Waals surface area contributed by atoms with E-state index in [-0.39, 0.29) is 21.8 Å². The van der Waals surface area contributed by atoms with Gasteiger partial charge in [-0.15, -0.1) is 0 Å². The van der Waals surface area contributed by atoms with E-state index in [9.17, 15) is 13.2 Å². The average molecular weight is 493 g/mol. The molecule has 0 aliphatic carbocycles. The van der Waals surface area contributed by atoms with Gasteiger partial charge >= 0.3 is 0 Å². The summed E-state index contributed by atoms with van der Waals surface area (Å²) in [6.07, 6.45) is 0. The molecule has 1 saturated heterocycles. The Morgan fingerprint density at radius 3 is 2.78 bits per heavy atom. The van der Waals surface area contributed by atoms with E-state index in [4.69, 9.17) is 26.0 Å². The van der Waals surface area contributed by atoms with Crippen LogP contribution >= 0.6 is 23.4 Å². The lowest BCUT2D eigenvalue weighted by Crippen LogP contribution is -2.40. The number of anilines is 1. The lowest BCUT2D eigenvalue weighted by molar-refractivity contribution is -0.113. The van der Waals surface area contributed by atoms with Crippen molar-refractivity contribution >= 4 is 56.1 Å². The van der Waals surface area contributed by atoms with Crippen molar-refractivity contribution in [2.24, 2.45) is 0 Å². The average Bonchev–Trinajstić information content (AvgIpc) is 3.21. The molecular formula is C20H17ClN4O5S2. The number of amides is 1. The van der Waals surface area contributed by atoms with Crippen LogP contribution in [0.5, 0.6) is 0 Å². The van der Waals surface area contributed by atoms with Crippen LogP contribution in [0, 0.1) is 11.3 Å². The Kier molecular flexibility index (Phi) is 6.68. The van der Waals surface area contributed by atoms with Gasteiger partial charge in [0.25, 0.3) is 5.22 Å². The highest BCUT2D eigenvalue weighted by Crippen LogP contribution is 2.27. The topological polar surface area (TPSA) is 126 Å². The molecule has 166 valence electrons. The highest BCUT2D eigenvalue weighted by Gasteiger charge is 2.27. The first-order valence-corrected chi connectivity index (χ1v) is 12.3. The molecule has 12 heteroatoms. The number of sulfonamides is 1. The second-order valence-corrected chi connectivity index (χ2v) is 10.1. The Morgan fingerprint density at radius 1 is 1.25 bits per heavy atom. The first-order valence-electron chi connectivity index (χ1n) is 9.47. The van der Waals surface area contributed by atoms with Gasteiger partial charge < -0.3 is 14.5 Å². The quantitative estimate of drug-likeness (QED) is 0.520. The van der Waals surface area contributed by atoms with E-state index in [0.717, 1.165) is 11.8 Å². The number of carbonyl (C=O) groups excluding carboxylic acids is 1. The Bertz CT molecular complexity index is 1310. The number of morpholine rings is 1. The molecule has 0 unspecified atom stereocenters. The number of nitrogens with zero attached hydrogens (tertiary/aromatic N) is 3. The van der Waals surface area contributed by atoms with E-state index in [1.165, 1.54) is 28.6 Å². The number of nitriles is 1. The first kappa shape index (κ1) is 22.6. The molecule has 1 N–H and O–H groups in total. The molecule has 32 heavy (non-hydrogen) atoms. The van der Waals surface area contributed by atoms with E-state index in [1.807, 2.05) is 6.07 Å². The van der Waals surface area contributed by atoms with Crippen LogP contribution in [0.3, 0.4) is 0 Å². The molecule has 1 fully saturated rings. The summed E-state index contributed by atoms with van der Waals surface area (Å²) in [5.41, 5.74) is 1.41. The largest absolute Gasteiger partial charge is 0.431 e. The lowest BCUT2D eigenvalue weighted by Gasteiger charge is -2.25. The van der Waals surface area contributed by atoms with Gasteiger partial charge in [0.2, 0.25) is 15.9 Å². The number of hydrogen-bond acceptors (Lipinski definition) is 8. The molecular weight excluding hydrogens is 476 g/mol. The van der Waals surface area contributed by atoms with Gasteiger partial charge in [0, 0.05) is 18.1 Å².